The van der Waals surface area contributed by atoms with E-state index in [-0.39, 0.29) is 5.91 Å². The molecule has 0 unspecified atom stereocenters. The van der Waals surface area contributed by atoms with Crippen LogP contribution in [0, 0.1) is 5.92 Å². The molecule has 2 aromatic carbocycles. The molecule has 1 aliphatic rings. The van der Waals surface area contributed by atoms with Gasteiger partial charge in [0.15, 0.2) is 6.10 Å². The zero-order valence-electron chi connectivity index (χ0n) is 17.9. The summed E-state index contributed by atoms with van der Waals surface area (Å²) in [4.78, 5) is 29.3. The van der Waals surface area contributed by atoms with Gasteiger partial charge in [-0.1, -0.05) is 38.1 Å². The molecule has 30 heavy (non-hydrogen) atoms. The molecule has 160 valence electrons. The maximum atomic E-state index is 12.8. The van der Waals surface area contributed by atoms with Crippen LogP contribution < -0.4 is 9.64 Å². The predicted molar refractivity (Wildman–Crippen MR) is 117 cm³/mol. The molecule has 0 aromatic heterocycles. The van der Waals surface area contributed by atoms with Crippen molar-refractivity contribution in [1.29, 1.82) is 0 Å². The number of amides is 1. The van der Waals surface area contributed by atoms with Crippen LogP contribution in [-0.4, -0.2) is 55.7 Å². The Balaban J connectivity index is 1.52. The van der Waals surface area contributed by atoms with Crippen molar-refractivity contribution >= 4 is 17.6 Å². The largest absolute Gasteiger partial charge is 0.493 e. The maximum absolute atomic E-state index is 12.8. The van der Waals surface area contributed by atoms with Crippen molar-refractivity contribution in [3.8, 4) is 5.75 Å². The number of carbonyl (C=O) groups is 2. The summed E-state index contributed by atoms with van der Waals surface area (Å²) in [6.07, 6.45) is -0.832. The van der Waals surface area contributed by atoms with Gasteiger partial charge in [-0.25, -0.2) is 4.79 Å². The lowest BCUT2D eigenvalue weighted by atomic mass is 10.2. The second-order valence-electron chi connectivity index (χ2n) is 7.93. The third-order valence-corrected chi connectivity index (χ3v) is 5.00. The summed E-state index contributed by atoms with van der Waals surface area (Å²) in [7, 11) is 0. The highest BCUT2D eigenvalue weighted by molar-refractivity contribution is 5.92. The quantitative estimate of drug-likeness (QED) is 0.653. The smallest absolute Gasteiger partial charge is 0.339 e. The van der Waals surface area contributed by atoms with Gasteiger partial charge >= 0.3 is 5.97 Å². The van der Waals surface area contributed by atoms with Crippen molar-refractivity contribution in [3.05, 3.63) is 60.2 Å². The summed E-state index contributed by atoms with van der Waals surface area (Å²) in [6.45, 7) is 9.04. The number of nitrogens with zero attached hydrogens (tertiary/aromatic N) is 2. The zero-order valence-corrected chi connectivity index (χ0v) is 17.9. The normalized spacial score (nSPS) is 15.1. The zero-order chi connectivity index (χ0) is 21.5. The highest BCUT2D eigenvalue weighted by atomic mass is 16.5. The predicted octanol–water partition coefficient (Wildman–Crippen LogP) is 3.62. The summed E-state index contributed by atoms with van der Waals surface area (Å²) in [5.74, 6) is 0.326. The fraction of sp³-hybridized carbons (Fsp3) is 0.417. The molecule has 0 N–H and O–H groups in total. The van der Waals surface area contributed by atoms with Gasteiger partial charge in [-0.2, -0.15) is 0 Å². The van der Waals surface area contributed by atoms with Crippen LogP contribution in [-0.2, 0) is 9.53 Å². The third kappa shape index (κ3) is 5.75. The lowest BCUT2D eigenvalue weighted by Gasteiger charge is -2.37. The molecule has 1 atom stereocenters. The molecule has 1 aliphatic heterocycles. The van der Waals surface area contributed by atoms with Gasteiger partial charge in [0.2, 0.25) is 0 Å². The van der Waals surface area contributed by atoms with Crippen LogP contribution in [0.25, 0.3) is 0 Å². The Kier molecular flexibility index (Phi) is 7.33. The minimum atomic E-state index is -0.832. The number of ether oxygens (including phenoxy) is 2. The maximum Gasteiger partial charge on any atom is 0.339 e. The second kappa shape index (κ2) is 10.1. The Bertz CT molecular complexity index is 845. The lowest BCUT2D eigenvalue weighted by Crippen LogP contribution is -2.51. The number of rotatable bonds is 7. The molecule has 0 radical (unpaired) electrons. The first-order valence-electron chi connectivity index (χ1n) is 10.5. The Morgan fingerprint density at radius 1 is 0.933 bits per heavy atom. The lowest BCUT2D eigenvalue weighted by molar-refractivity contribution is -0.140. The van der Waals surface area contributed by atoms with Crippen molar-refractivity contribution in [1.82, 2.24) is 4.90 Å². The fourth-order valence-corrected chi connectivity index (χ4v) is 3.34. The molecule has 1 saturated heterocycles. The van der Waals surface area contributed by atoms with E-state index in [1.165, 1.54) is 0 Å². The molecule has 6 nitrogen and oxygen atoms in total. The van der Waals surface area contributed by atoms with Gasteiger partial charge in [-0.05, 0) is 43.2 Å². The summed E-state index contributed by atoms with van der Waals surface area (Å²) in [5, 5.41) is 0. The number of esters is 1. The van der Waals surface area contributed by atoms with Crippen molar-refractivity contribution in [2.75, 3.05) is 37.7 Å². The molecular weight excluding hydrogens is 380 g/mol. The Morgan fingerprint density at radius 2 is 1.63 bits per heavy atom. The number of para-hydroxylation sites is 1. The monoisotopic (exact) mass is 410 g/mol. The molecule has 1 amide bonds. The van der Waals surface area contributed by atoms with E-state index in [9.17, 15) is 9.59 Å². The fourth-order valence-electron chi connectivity index (χ4n) is 3.34. The number of anilines is 1. The number of hydrogen-bond acceptors (Lipinski definition) is 5. The average Bonchev–Trinajstić information content (AvgIpc) is 2.78. The second-order valence-corrected chi connectivity index (χ2v) is 7.93. The van der Waals surface area contributed by atoms with Crippen LogP contribution >= 0.6 is 0 Å². The average molecular weight is 411 g/mol. The van der Waals surface area contributed by atoms with Gasteiger partial charge in [0.25, 0.3) is 5.91 Å². The van der Waals surface area contributed by atoms with E-state index >= 15 is 0 Å². The van der Waals surface area contributed by atoms with Crippen LogP contribution in [0.5, 0.6) is 5.75 Å². The number of hydrogen-bond donors (Lipinski definition) is 0. The van der Waals surface area contributed by atoms with E-state index in [1.54, 1.807) is 36.1 Å². The third-order valence-electron chi connectivity index (χ3n) is 5.00. The van der Waals surface area contributed by atoms with E-state index < -0.39 is 12.1 Å². The van der Waals surface area contributed by atoms with Crippen molar-refractivity contribution < 1.29 is 19.1 Å². The van der Waals surface area contributed by atoms with Crippen molar-refractivity contribution in [3.63, 3.8) is 0 Å². The molecule has 0 bridgehead atoms. The van der Waals surface area contributed by atoms with Crippen LogP contribution in [0.15, 0.2) is 54.6 Å². The van der Waals surface area contributed by atoms with Gasteiger partial charge in [-0.3, -0.25) is 4.79 Å². The van der Waals surface area contributed by atoms with E-state index in [1.807, 2.05) is 18.2 Å². The Hall–Kier alpha value is -3.02. The Labute approximate surface area is 178 Å². The molecule has 0 spiro atoms. The number of benzene rings is 2. The van der Waals surface area contributed by atoms with Gasteiger partial charge in [0.1, 0.15) is 5.75 Å². The molecule has 6 heteroatoms. The van der Waals surface area contributed by atoms with Crippen LogP contribution in [0.1, 0.15) is 31.1 Å². The number of carbonyl (C=O) groups excluding carboxylic acids is 2. The van der Waals surface area contributed by atoms with Gasteiger partial charge in [-0.15, -0.1) is 0 Å². The molecule has 0 saturated carbocycles. The van der Waals surface area contributed by atoms with E-state index in [0.717, 1.165) is 18.8 Å². The van der Waals surface area contributed by atoms with Gasteiger partial charge < -0.3 is 19.3 Å². The molecule has 0 aliphatic carbocycles. The Morgan fingerprint density at radius 3 is 2.30 bits per heavy atom. The van der Waals surface area contributed by atoms with E-state index in [0.29, 0.717) is 36.9 Å². The summed E-state index contributed by atoms with van der Waals surface area (Å²) in [6, 6.07) is 17.0. The first kappa shape index (κ1) is 21.7. The molecule has 1 fully saturated rings. The van der Waals surface area contributed by atoms with Crippen molar-refractivity contribution in [2.45, 2.75) is 26.9 Å². The van der Waals surface area contributed by atoms with Crippen molar-refractivity contribution in [2.24, 2.45) is 5.92 Å². The van der Waals surface area contributed by atoms with Crippen LogP contribution in [0.4, 0.5) is 5.69 Å². The standard InChI is InChI=1S/C24H30N2O4/c1-18(2)17-29-22-11-7-8-20(16-22)24(28)30-19(3)23(27)26-14-12-25(13-15-26)21-9-5-4-6-10-21/h4-11,16,18-19H,12-15,17H2,1-3H3/t19-/m1/s1. The first-order valence-corrected chi connectivity index (χ1v) is 10.5. The van der Waals surface area contributed by atoms with E-state index in [2.05, 4.69) is 30.9 Å². The summed E-state index contributed by atoms with van der Waals surface area (Å²) in [5.41, 5.74) is 1.54. The van der Waals surface area contributed by atoms with Gasteiger partial charge in [0.05, 0.1) is 12.2 Å². The summed E-state index contributed by atoms with van der Waals surface area (Å²) >= 11 is 0. The SMILES string of the molecule is CC(C)COc1cccc(C(=O)O[C@H](C)C(=O)N2CCN(c3ccccc3)CC2)c1. The molecular formula is C24H30N2O4. The van der Waals surface area contributed by atoms with Crippen LogP contribution in [0.3, 0.4) is 0 Å². The van der Waals surface area contributed by atoms with Crippen LogP contribution in [0.2, 0.25) is 0 Å². The molecule has 2 aromatic rings. The van der Waals surface area contributed by atoms with Gasteiger partial charge in [0, 0.05) is 31.9 Å². The summed E-state index contributed by atoms with van der Waals surface area (Å²) < 4.78 is 11.1. The highest BCUT2D eigenvalue weighted by Gasteiger charge is 2.27. The molecule has 1 heterocycles. The topological polar surface area (TPSA) is 59.1 Å². The number of piperazine rings is 1. The molecule has 3 rings (SSSR count). The minimum absolute atomic E-state index is 0.164. The first-order chi connectivity index (χ1) is 14.4. The van der Waals surface area contributed by atoms with E-state index in [4.69, 9.17) is 9.47 Å². The minimum Gasteiger partial charge on any atom is -0.493 e. The highest BCUT2D eigenvalue weighted by Crippen LogP contribution is 2.18.